The molecule has 0 bridgehead atoms. The van der Waals surface area contributed by atoms with Gasteiger partial charge < -0.3 is 25.1 Å². The molecule has 1 aromatic carbocycles. The van der Waals surface area contributed by atoms with Gasteiger partial charge >= 0.3 is 0 Å². The number of amides is 3. The van der Waals surface area contributed by atoms with Crippen molar-refractivity contribution in [1.29, 1.82) is 0 Å². The summed E-state index contributed by atoms with van der Waals surface area (Å²) in [6.07, 6.45) is 2.70. The lowest BCUT2D eigenvalue weighted by molar-refractivity contribution is -0.132. The predicted octanol–water partition coefficient (Wildman–Crippen LogP) is 3.73. The second-order valence-corrected chi connectivity index (χ2v) is 10.7. The summed E-state index contributed by atoms with van der Waals surface area (Å²) >= 11 is 0. The highest BCUT2D eigenvalue weighted by atomic mass is 16.5. The van der Waals surface area contributed by atoms with Gasteiger partial charge in [-0.15, -0.1) is 0 Å². The van der Waals surface area contributed by atoms with Crippen LogP contribution in [0.2, 0.25) is 0 Å². The van der Waals surface area contributed by atoms with Crippen molar-refractivity contribution in [2.75, 3.05) is 7.11 Å². The monoisotopic (exact) mass is 525 g/mol. The highest BCUT2D eigenvalue weighted by Crippen LogP contribution is 2.37. The van der Waals surface area contributed by atoms with E-state index in [-0.39, 0.29) is 54.7 Å². The Morgan fingerprint density at radius 3 is 2.29 bits per heavy atom. The van der Waals surface area contributed by atoms with Crippen LogP contribution in [0.4, 0.5) is 0 Å². The van der Waals surface area contributed by atoms with Gasteiger partial charge in [0.1, 0.15) is 23.6 Å². The smallest absolute Gasteiger partial charge is 0.243 e. The van der Waals surface area contributed by atoms with Crippen molar-refractivity contribution in [3.8, 4) is 5.75 Å². The van der Waals surface area contributed by atoms with E-state index in [0.717, 1.165) is 5.56 Å². The van der Waals surface area contributed by atoms with E-state index in [2.05, 4.69) is 16.0 Å². The molecule has 2 aromatic rings. The maximum Gasteiger partial charge on any atom is 0.243 e. The van der Waals surface area contributed by atoms with Crippen molar-refractivity contribution in [1.82, 2.24) is 16.0 Å². The molecule has 3 rings (SSSR count). The van der Waals surface area contributed by atoms with Gasteiger partial charge in [0.25, 0.3) is 0 Å². The first-order valence-electron chi connectivity index (χ1n) is 13.2. The predicted molar refractivity (Wildman–Crippen MR) is 143 cm³/mol. The van der Waals surface area contributed by atoms with Gasteiger partial charge in [0, 0.05) is 24.3 Å². The Morgan fingerprint density at radius 2 is 1.68 bits per heavy atom. The van der Waals surface area contributed by atoms with E-state index in [0.29, 0.717) is 29.9 Å². The highest BCUT2D eigenvalue weighted by Gasteiger charge is 2.33. The van der Waals surface area contributed by atoms with Crippen LogP contribution in [0.5, 0.6) is 5.75 Å². The van der Waals surface area contributed by atoms with Crippen LogP contribution >= 0.6 is 0 Å². The third-order valence-electron chi connectivity index (χ3n) is 6.58. The minimum atomic E-state index is -0.808. The molecule has 0 aliphatic heterocycles. The van der Waals surface area contributed by atoms with E-state index in [1.54, 1.807) is 37.4 Å². The normalized spacial score (nSPS) is 16.2. The summed E-state index contributed by atoms with van der Waals surface area (Å²) in [5.74, 6) is 0.200. The zero-order valence-electron chi connectivity index (χ0n) is 22.8. The molecule has 206 valence electrons. The quantitative estimate of drug-likeness (QED) is 0.366. The zero-order valence-corrected chi connectivity index (χ0v) is 22.8. The fraction of sp³-hybridized carbons (Fsp3) is 0.517. The Hall–Kier alpha value is -3.62. The van der Waals surface area contributed by atoms with Crippen molar-refractivity contribution >= 4 is 23.5 Å². The highest BCUT2D eigenvalue weighted by molar-refractivity contribution is 6.02. The summed E-state index contributed by atoms with van der Waals surface area (Å²) in [7, 11) is 1.55. The lowest BCUT2D eigenvalue weighted by atomic mass is 9.96. The van der Waals surface area contributed by atoms with Crippen LogP contribution in [-0.2, 0) is 20.9 Å². The molecule has 1 unspecified atom stereocenters. The number of carbonyl (C=O) groups excluding carboxylic acids is 4. The number of methoxy groups -OCH3 is 1. The molecule has 0 fully saturated rings. The Balaban J connectivity index is 1.66. The SMILES string of the molecule is COc1ccc2c(c1)C(CC(=O)N[C@@H](CC(C)C)C(=O)N[C@H](CC(C)C)C(=O)NCc1ccco1)CC2=O. The first-order chi connectivity index (χ1) is 18.1. The van der Waals surface area contributed by atoms with Gasteiger partial charge in [0.15, 0.2) is 5.78 Å². The lowest BCUT2D eigenvalue weighted by Crippen LogP contribution is -2.54. The van der Waals surface area contributed by atoms with Gasteiger partial charge in [0.2, 0.25) is 17.7 Å². The Kier molecular flexibility index (Phi) is 10.1. The van der Waals surface area contributed by atoms with Crippen molar-refractivity contribution < 1.29 is 28.3 Å². The largest absolute Gasteiger partial charge is 0.497 e. The zero-order chi connectivity index (χ0) is 27.8. The van der Waals surface area contributed by atoms with E-state index in [9.17, 15) is 19.2 Å². The van der Waals surface area contributed by atoms with Gasteiger partial charge in [-0.2, -0.15) is 0 Å². The Bertz CT molecular complexity index is 1130. The molecule has 9 nitrogen and oxygen atoms in total. The molecule has 0 saturated heterocycles. The van der Waals surface area contributed by atoms with Gasteiger partial charge in [0.05, 0.1) is 19.9 Å². The second-order valence-electron chi connectivity index (χ2n) is 10.7. The van der Waals surface area contributed by atoms with Crippen molar-refractivity contribution in [3.05, 3.63) is 53.5 Å². The molecule has 9 heteroatoms. The van der Waals surface area contributed by atoms with E-state index in [1.807, 2.05) is 27.7 Å². The number of ether oxygens (including phenoxy) is 1. The van der Waals surface area contributed by atoms with E-state index in [4.69, 9.17) is 9.15 Å². The molecule has 1 aromatic heterocycles. The standard InChI is InChI=1S/C29H39N3O6/c1-17(2)11-24(28(35)30-16-21-7-6-10-38-21)32-29(36)25(12-18(3)4)31-27(34)14-19-13-26(33)22-9-8-20(37-5)15-23(19)22/h6-10,15,17-19,24-25H,11-14,16H2,1-5H3,(H,30,35)(H,31,34)(H,32,36)/t19?,24-,25+/m1/s1. The fourth-order valence-corrected chi connectivity index (χ4v) is 4.75. The van der Waals surface area contributed by atoms with Crippen molar-refractivity contribution in [2.45, 2.75) is 77.9 Å². The topological polar surface area (TPSA) is 127 Å². The van der Waals surface area contributed by atoms with Crippen LogP contribution in [0.25, 0.3) is 0 Å². The first-order valence-corrected chi connectivity index (χ1v) is 13.2. The van der Waals surface area contributed by atoms with Gasteiger partial charge in [-0.25, -0.2) is 0 Å². The number of benzene rings is 1. The number of hydrogen-bond acceptors (Lipinski definition) is 6. The molecule has 1 aliphatic carbocycles. The summed E-state index contributed by atoms with van der Waals surface area (Å²) in [4.78, 5) is 51.8. The number of hydrogen-bond donors (Lipinski definition) is 3. The molecule has 38 heavy (non-hydrogen) atoms. The first kappa shape index (κ1) is 28.9. The van der Waals surface area contributed by atoms with Crippen LogP contribution in [-0.4, -0.2) is 42.7 Å². The van der Waals surface area contributed by atoms with Crippen LogP contribution in [0.15, 0.2) is 41.0 Å². The van der Waals surface area contributed by atoms with Gasteiger partial charge in [-0.05, 0) is 60.6 Å². The summed E-state index contributed by atoms with van der Waals surface area (Å²) < 4.78 is 10.6. The van der Waals surface area contributed by atoms with Crippen molar-refractivity contribution in [3.63, 3.8) is 0 Å². The number of ketones is 1. The number of nitrogens with one attached hydrogen (secondary N) is 3. The van der Waals surface area contributed by atoms with Crippen LogP contribution in [0, 0.1) is 11.8 Å². The van der Waals surface area contributed by atoms with E-state index < -0.39 is 18.0 Å². The number of carbonyl (C=O) groups is 4. The minimum Gasteiger partial charge on any atom is -0.497 e. The van der Waals surface area contributed by atoms with Crippen LogP contribution < -0.4 is 20.7 Å². The molecular weight excluding hydrogens is 486 g/mol. The summed E-state index contributed by atoms with van der Waals surface area (Å²) in [5.41, 5.74) is 1.40. The average Bonchev–Trinajstić information content (AvgIpc) is 3.48. The van der Waals surface area contributed by atoms with Crippen LogP contribution in [0.1, 0.15) is 81.0 Å². The van der Waals surface area contributed by atoms with E-state index in [1.165, 1.54) is 6.26 Å². The molecule has 0 radical (unpaired) electrons. The summed E-state index contributed by atoms with van der Waals surface area (Å²) in [6, 6.07) is 7.21. The Morgan fingerprint density at radius 1 is 1.00 bits per heavy atom. The maximum absolute atomic E-state index is 13.3. The number of fused-ring (bicyclic) bond motifs is 1. The summed E-state index contributed by atoms with van der Waals surface area (Å²) in [6.45, 7) is 8.09. The molecular formula is C29H39N3O6. The third kappa shape index (κ3) is 7.94. The molecule has 3 amide bonds. The van der Waals surface area contributed by atoms with Gasteiger partial charge in [-0.1, -0.05) is 27.7 Å². The maximum atomic E-state index is 13.3. The van der Waals surface area contributed by atoms with Gasteiger partial charge in [-0.3, -0.25) is 19.2 Å². The van der Waals surface area contributed by atoms with E-state index >= 15 is 0 Å². The average molecular weight is 526 g/mol. The number of furan rings is 1. The lowest BCUT2D eigenvalue weighted by Gasteiger charge is -2.25. The molecule has 0 spiro atoms. The molecule has 3 atom stereocenters. The Labute approximate surface area is 224 Å². The van der Waals surface area contributed by atoms with Crippen molar-refractivity contribution in [2.24, 2.45) is 11.8 Å². The third-order valence-corrected chi connectivity index (χ3v) is 6.58. The molecule has 1 aliphatic rings. The molecule has 1 heterocycles. The summed E-state index contributed by atoms with van der Waals surface area (Å²) in [5, 5.41) is 8.53. The number of Topliss-reactive ketones (excluding diaryl/α,β-unsaturated/α-hetero) is 1. The fourth-order valence-electron chi connectivity index (χ4n) is 4.75. The molecule has 3 N–H and O–H groups in total. The minimum absolute atomic E-state index is 0.00554. The van der Waals surface area contributed by atoms with Crippen LogP contribution in [0.3, 0.4) is 0 Å². The molecule has 0 saturated carbocycles. The number of rotatable bonds is 13. The second kappa shape index (κ2) is 13.3.